The van der Waals surface area contributed by atoms with Crippen LogP contribution in [0.3, 0.4) is 0 Å². The highest BCUT2D eigenvalue weighted by atomic mass is 16.6. The lowest BCUT2D eigenvalue weighted by molar-refractivity contribution is 0.0224. The van der Waals surface area contributed by atoms with Gasteiger partial charge >= 0.3 is 5.97 Å². The summed E-state index contributed by atoms with van der Waals surface area (Å²) in [6.07, 6.45) is 3.59. The number of rotatable bonds is 8. The maximum absolute atomic E-state index is 13.3. The fourth-order valence-corrected chi connectivity index (χ4v) is 5.82. The van der Waals surface area contributed by atoms with E-state index in [4.69, 9.17) is 9.47 Å². The summed E-state index contributed by atoms with van der Waals surface area (Å²) in [6, 6.07) is 26.8. The van der Waals surface area contributed by atoms with Crippen molar-refractivity contribution in [2.24, 2.45) is 0 Å². The Kier molecular flexibility index (Phi) is 6.64. The highest BCUT2D eigenvalue weighted by molar-refractivity contribution is 5.97. The average molecular weight is 573 g/mol. The molecule has 9 heteroatoms. The van der Waals surface area contributed by atoms with Crippen LogP contribution in [0.1, 0.15) is 38.4 Å². The zero-order chi connectivity index (χ0) is 29.4. The van der Waals surface area contributed by atoms with Gasteiger partial charge in [0.2, 0.25) is 0 Å². The molecular weight excluding hydrogens is 544 g/mol. The van der Waals surface area contributed by atoms with E-state index in [0.717, 1.165) is 17.1 Å². The van der Waals surface area contributed by atoms with Crippen molar-refractivity contribution in [3.63, 3.8) is 0 Å². The number of hydrogen-bond acceptors (Lipinski definition) is 9. The quantitative estimate of drug-likeness (QED) is 0.205. The molecule has 0 fully saturated rings. The predicted octanol–water partition coefficient (Wildman–Crippen LogP) is 5.57. The Morgan fingerprint density at radius 2 is 1.37 bits per heavy atom. The second kappa shape index (κ2) is 10.8. The Hall–Kier alpha value is -5.41. The van der Waals surface area contributed by atoms with Crippen molar-refractivity contribution in [2.45, 2.75) is 18.7 Å². The maximum atomic E-state index is 13.3. The molecule has 5 aromatic rings. The first-order chi connectivity index (χ1) is 21.0. The Morgan fingerprint density at radius 3 is 1.95 bits per heavy atom. The number of esters is 1. The zero-order valence-electron chi connectivity index (χ0n) is 23.1. The standard InChI is InChI=1S/C34H28N4O5/c39-25-8-11-28-31(18-25)42-32-19-26(40)9-12-29(32)34(28)30-17-22(7-10-27(30)33(41)43-34)37-15-16-38(20-23-5-1-3-13-35-23)21-24-6-2-4-14-36-24/h1-14,17-19,37,39-40H,15-16,20-21H2. The molecule has 214 valence electrons. The number of phenolic OH excluding ortho intramolecular Hbond substituents is 2. The number of aromatic hydroxyl groups is 2. The Balaban J connectivity index is 1.19. The molecule has 0 radical (unpaired) electrons. The summed E-state index contributed by atoms with van der Waals surface area (Å²) in [4.78, 5) is 24.5. The number of ether oxygens (including phenoxy) is 2. The van der Waals surface area contributed by atoms with E-state index in [2.05, 4.69) is 20.2 Å². The molecule has 0 bridgehead atoms. The number of hydrogen-bond donors (Lipinski definition) is 3. The highest BCUT2D eigenvalue weighted by Gasteiger charge is 2.53. The molecule has 3 aromatic carbocycles. The molecule has 2 aliphatic rings. The summed E-state index contributed by atoms with van der Waals surface area (Å²) >= 11 is 0. The van der Waals surface area contributed by atoms with Gasteiger partial charge < -0.3 is 25.0 Å². The third-order valence-corrected chi connectivity index (χ3v) is 7.75. The molecule has 4 heterocycles. The number of aromatic nitrogens is 2. The van der Waals surface area contributed by atoms with Gasteiger partial charge in [-0.15, -0.1) is 0 Å². The van der Waals surface area contributed by atoms with Gasteiger partial charge in [0.1, 0.15) is 23.0 Å². The predicted molar refractivity (Wildman–Crippen MR) is 159 cm³/mol. The molecule has 7 rings (SSSR count). The van der Waals surface area contributed by atoms with Crippen LogP contribution in [0, 0.1) is 0 Å². The molecule has 0 saturated heterocycles. The average Bonchev–Trinajstić information content (AvgIpc) is 3.29. The van der Waals surface area contributed by atoms with Crippen LogP contribution in [0.25, 0.3) is 0 Å². The molecule has 3 N–H and O–H groups in total. The fourth-order valence-electron chi connectivity index (χ4n) is 5.82. The van der Waals surface area contributed by atoms with Gasteiger partial charge in [-0.3, -0.25) is 14.9 Å². The zero-order valence-corrected chi connectivity index (χ0v) is 23.1. The number of phenols is 2. The van der Waals surface area contributed by atoms with Gasteiger partial charge in [0.05, 0.1) is 17.0 Å². The third kappa shape index (κ3) is 4.89. The topological polar surface area (TPSA) is 117 Å². The number of nitrogens with zero attached hydrogens (tertiary/aromatic N) is 3. The number of fused-ring (bicyclic) bond motifs is 6. The molecule has 0 amide bonds. The normalized spacial score (nSPS) is 14.0. The van der Waals surface area contributed by atoms with E-state index in [0.29, 0.717) is 59.9 Å². The van der Waals surface area contributed by atoms with Gasteiger partial charge in [0.15, 0.2) is 5.60 Å². The second-order valence-electron chi connectivity index (χ2n) is 10.6. The van der Waals surface area contributed by atoms with Crippen molar-refractivity contribution in [1.82, 2.24) is 14.9 Å². The smallest absolute Gasteiger partial charge is 0.340 e. The highest BCUT2D eigenvalue weighted by Crippen LogP contribution is 2.57. The fraction of sp³-hybridized carbons (Fsp3) is 0.147. The summed E-state index contributed by atoms with van der Waals surface area (Å²) in [5, 5.41) is 23.9. The number of carbonyl (C=O) groups is 1. The van der Waals surface area contributed by atoms with E-state index in [1.165, 1.54) is 12.1 Å². The van der Waals surface area contributed by atoms with E-state index in [1.807, 2.05) is 48.5 Å². The molecule has 1 spiro atoms. The number of anilines is 1. The number of nitrogens with one attached hydrogen (secondary N) is 1. The molecule has 2 aromatic heterocycles. The number of carbonyl (C=O) groups excluding carboxylic acids is 1. The molecule has 2 aliphatic heterocycles. The Bertz CT molecular complexity index is 1720. The van der Waals surface area contributed by atoms with E-state index >= 15 is 0 Å². The summed E-state index contributed by atoms with van der Waals surface area (Å²) in [7, 11) is 0. The first kappa shape index (κ1) is 26.5. The first-order valence-electron chi connectivity index (χ1n) is 14.0. The van der Waals surface area contributed by atoms with Gasteiger partial charge in [-0.05, 0) is 66.7 Å². The van der Waals surface area contributed by atoms with Crippen molar-refractivity contribution in [2.75, 3.05) is 18.4 Å². The van der Waals surface area contributed by atoms with Crippen molar-refractivity contribution in [3.05, 3.63) is 137 Å². The lowest BCUT2D eigenvalue weighted by atomic mass is 9.77. The van der Waals surface area contributed by atoms with E-state index in [9.17, 15) is 15.0 Å². The SMILES string of the molecule is O=C1OC2(c3ccc(O)cc3Oc3cc(O)ccc32)c2cc(NCCN(Cc3ccccn3)Cc3ccccn3)ccc21. The van der Waals surface area contributed by atoms with Crippen LogP contribution in [0.2, 0.25) is 0 Å². The van der Waals surface area contributed by atoms with Crippen LogP contribution in [-0.4, -0.2) is 44.1 Å². The van der Waals surface area contributed by atoms with Gasteiger partial charge in [0, 0.05) is 73.1 Å². The largest absolute Gasteiger partial charge is 0.508 e. The van der Waals surface area contributed by atoms with Crippen LogP contribution in [-0.2, 0) is 23.4 Å². The van der Waals surface area contributed by atoms with Gasteiger partial charge in [-0.1, -0.05) is 12.1 Å². The van der Waals surface area contributed by atoms with Crippen LogP contribution in [0.5, 0.6) is 23.0 Å². The molecule has 0 aliphatic carbocycles. The molecular formula is C34H28N4O5. The van der Waals surface area contributed by atoms with E-state index in [-0.39, 0.29) is 11.5 Å². The van der Waals surface area contributed by atoms with Gasteiger partial charge in [-0.2, -0.15) is 0 Å². The molecule has 9 nitrogen and oxygen atoms in total. The van der Waals surface area contributed by atoms with E-state index < -0.39 is 11.6 Å². The first-order valence-corrected chi connectivity index (χ1v) is 14.0. The summed E-state index contributed by atoms with van der Waals surface area (Å²) in [5.41, 5.74) is 3.73. The molecule has 0 saturated carbocycles. The summed E-state index contributed by atoms with van der Waals surface area (Å²) < 4.78 is 12.2. The van der Waals surface area contributed by atoms with Gasteiger partial charge in [0.25, 0.3) is 0 Å². The van der Waals surface area contributed by atoms with Crippen LogP contribution in [0.4, 0.5) is 5.69 Å². The van der Waals surface area contributed by atoms with Crippen LogP contribution >= 0.6 is 0 Å². The van der Waals surface area contributed by atoms with Crippen LogP contribution in [0.15, 0.2) is 103 Å². The molecule has 0 unspecified atom stereocenters. The van der Waals surface area contributed by atoms with Crippen molar-refractivity contribution in [1.29, 1.82) is 0 Å². The monoisotopic (exact) mass is 572 g/mol. The van der Waals surface area contributed by atoms with Crippen molar-refractivity contribution in [3.8, 4) is 23.0 Å². The minimum atomic E-state index is -1.31. The van der Waals surface area contributed by atoms with Crippen LogP contribution < -0.4 is 10.1 Å². The molecule has 43 heavy (non-hydrogen) atoms. The van der Waals surface area contributed by atoms with E-state index in [1.54, 1.807) is 42.7 Å². The van der Waals surface area contributed by atoms with Crippen molar-refractivity contribution >= 4 is 11.7 Å². The van der Waals surface area contributed by atoms with Crippen molar-refractivity contribution < 1.29 is 24.5 Å². The number of pyridine rings is 2. The third-order valence-electron chi connectivity index (χ3n) is 7.75. The minimum Gasteiger partial charge on any atom is -0.508 e. The molecule has 0 atom stereocenters. The lowest BCUT2D eigenvalue weighted by Gasteiger charge is -2.36. The summed E-state index contributed by atoms with van der Waals surface area (Å²) in [5.74, 6) is 0.254. The second-order valence-corrected chi connectivity index (χ2v) is 10.6. The van der Waals surface area contributed by atoms with Gasteiger partial charge in [-0.25, -0.2) is 4.79 Å². The minimum absolute atomic E-state index is 0.0124. The maximum Gasteiger partial charge on any atom is 0.340 e. The summed E-state index contributed by atoms with van der Waals surface area (Å²) in [6.45, 7) is 2.67. The number of benzene rings is 3. The Morgan fingerprint density at radius 1 is 0.744 bits per heavy atom. The Labute approximate surface area is 248 Å². The lowest BCUT2D eigenvalue weighted by Crippen LogP contribution is -2.33.